The molecule has 0 aliphatic rings. The number of anilines is 1. The summed E-state index contributed by atoms with van der Waals surface area (Å²) in [6.45, 7) is 8.31. The van der Waals surface area contributed by atoms with Gasteiger partial charge in [-0.1, -0.05) is 35.4 Å². The molecular weight excluding hydrogens is 273 g/mol. The Morgan fingerprint density at radius 3 is 2.20 bits per heavy atom. The lowest BCUT2D eigenvalue weighted by atomic mass is 10.0. The van der Waals surface area contributed by atoms with Crippen molar-refractivity contribution in [3.63, 3.8) is 0 Å². The second-order valence-corrected chi connectivity index (χ2v) is 5.72. The standard InChI is InChI=1S/C17H19ClFN/c1-10-7-11(2)17(12(3)8-10)20-13(4)14-5-6-16(19)15(18)9-14/h5-9,13,20H,1-4H3. The van der Waals surface area contributed by atoms with E-state index in [0.29, 0.717) is 0 Å². The van der Waals surface area contributed by atoms with Crippen LogP contribution in [0.5, 0.6) is 0 Å². The summed E-state index contributed by atoms with van der Waals surface area (Å²) >= 11 is 5.84. The molecule has 0 spiro atoms. The highest BCUT2D eigenvalue weighted by Gasteiger charge is 2.11. The van der Waals surface area contributed by atoms with Crippen molar-refractivity contribution in [1.82, 2.24) is 0 Å². The Balaban J connectivity index is 2.27. The summed E-state index contributed by atoms with van der Waals surface area (Å²) in [5.41, 5.74) is 5.77. The lowest BCUT2D eigenvalue weighted by Gasteiger charge is -2.20. The first-order valence-corrected chi connectivity index (χ1v) is 7.05. The van der Waals surface area contributed by atoms with Crippen LogP contribution in [0.2, 0.25) is 5.02 Å². The van der Waals surface area contributed by atoms with Crippen LogP contribution in [0.4, 0.5) is 10.1 Å². The zero-order chi connectivity index (χ0) is 14.9. The van der Waals surface area contributed by atoms with Crippen LogP contribution in [0.3, 0.4) is 0 Å². The summed E-state index contributed by atoms with van der Waals surface area (Å²) in [7, 11) is 0. The topological polar surface area (TPSA) is 12.0 Å². The largest absolute Gasteiger partial charge is 0.378 e. The quantitative estimate of drug-likeness (QED) is 0.778. The van der Waals surface area contributed by atoms with Gasteiger partial charge in [0.2, 0.25) is 0 Å². The van der Waals surface area contributed by atoms with E-state index in [-0.39, 0.29) is 16.9 Å². The first kappa shape index (κ1) is 14.9. The van der Waals surface area contributed by atoms with Gasteiger partial charge in [0.1, 0.15) is 5.82 Å². The summed E-state index contributed by atoms with van der Waals surface area (Å²) in [5.74, 6) is -0.384. The van der Waals surface area contributed by atoms with Gasteiger partial charge >= 0.3 is 0 Å². The van der Waals surface area contributed by atoms with Crippen molar-refractivity contribution < 1.29 is 4.39 Å². The van der Waals surface area contributed by atoms with Crippen LogP contribution in [-0.2, 0) is 0 Å². The van der Waals surface area contributed by atoms with Gasteiger partial charge in [0, 0.05) is 11.7 Å². The molecule has 2 aromatic rings. The molecule has 0 saturated carbocycles. The van der Waals surface area contributed by atoms with Gasteiger partial charge in [0.25, 0.3) is 0 Å². The van der Waals surface area contributed by atoms with Gasteiger partial charge in [-0.2, -0.15) is 0 Å². The van der Waals surface area contributed by atoms with Gasteiger partial charge in [0.15, 0.2) is 0 Å². The van der Waals surface area contributed by atoms with Crippen molar-refractivity contribution in [2.75, 3.05) is 5.32 Å². The van der Waals surface area contributed by atoms with E-state index in [0.717, 1.165) is 11.3 Å². The maximum absolute atomic E-state index is 13.2. The average Bonchev–Trinajstić information content (AvgIpc) is 2.36. The number of rotatable bonds is 3. The third kappa shape index (κ3) is 3.13. The number of hydrogen-bond acceptors (Lipinski definition) is 1. The predicted molar refractivity (Wildman–Crippen MR) is 84.1 cm³/mol. The summed E-state index contributed by atoms with van der Waals surface area (Å²) < 4.78 is 13.2. The van der Waals surface area contributed by atoms with Crippen LogP contribution >= 0.6 is 11.6 Å². The third-order valence-electron chi connectivity index (χ3n) is 3.48. The molecule has 0 radical (unpaired) electrons. The van der Waals surface area contributed by atoms with E-state index in [1.54, 1.807) is 12.1 Å². The lowest BCUT2D eigenvalue weighted by molar-refractivity contribution is 0.627. The molecule has 106 valence electrons. The molecule has 0 aliphatic carbocycles. The van der Waals surface area contributed by atoms with Crippen LogP contribution in [0.15, 0.2) is 30.3 Å². The SMILES string of the molecule is Cc1cc(C)c(NC(C)c2ccc(F)c(Cl)c2)c(C)c1. The zero-order valence-electron chi connectivity index (χ0n) is 12.2. The van der Waals surface area contributed by atoms with Crippen LogP contribution in [0.25, 0.3) is 0 Å². The second-order valence-electron chi connectivity index (χ2n) is 5.31. The van der Waals surface area contributed by atoms with Gasteiger partial charge in [0.05, 0.1) is 5.02 Å². The minimum absolute atomic E-state index is 0.0632. The Hall–Kier alpha value is -1.54. The maximum Gasteiger partial charge on any atom is 0.141 e. The monoisotopic (exact) mass is 291 g/mol. The van der Waals surface area contributed by atoms with Crippen molar-refractivity contribution in [3.8, 4) is 0 Å². The Morgan fingerprint density at radius 2 is 1.65 bits per heavy atom. The maximum atomic E-state index is 13.2. The lowest BCUT2D eigenvalue weighted by Crippen LogP contribution is -2.09. The van der Waals surface area contributed by atoms with E-state index >= 15 is 0 Å². The fourth-order valence-corrected chi connectivity index (χ4v) is 2.68. The molecule has 0 amide bonds. The molecule has 2 rings (SSSR count). The van der Waals surface area contributed by atoms with E-state index < -0.39 is 0 Å². The fourth-order valence-electron chi connectivity index (χ4n) is 2.49. The van der Waals surface area contributed by atoms with E-state index in [4.69, 9.17) is 11.6 Å². The molecule has 1 atom stereocenters. The Labute approximate surface area is 124 Å². The van der Waals surface area contributed by atoms with E-state index in [2.05, 4.69) is 38.2 Å². The van der Waals surface area contributed by atoms with Crippen molar-refractivity contribution in [2.24, 2.45) is 0 Å². The minimum Gasteiger partial charge on any atom is -0.378 e. The van der Waals surface area contributed by atoms with Crippen LogP contribution in [0.1, 0.15) is 35.2 Å². The number of aryl methyl sites for hydroxylation is 3. The highest BCUT2D eigenvalue weighted by atomic mass is 35.5. The molecule has 2 aromatic carbocycles. The molecule has 3 heteroatoms. The highest BCUT2D eigenvalue weighted by molar-refractivity contribution is 6.30. The van der Waals surface area contributed by atoms with Crippen molar-refractivity contribution in [2.45, 2.75) is 33.7 Å². The molecule has 0 aliphatic heterocycles. The summed E-state index contributed by atoms with van der Waals surface area (Å²) in [5, 5.41) is 3.65. The smallest absolute Gasteiger partial charge is 0.141 e. The first-order valence-electron chi connectivity index (χ1n) is 6.68. The van der Waals surface area contributed by atoms with Crippen LogP contribution < -0.4 is 5.32 Å². The van der Waals surface area contributed by atoms with E-state index in [9.17, 15) is 4.39 Å². The second kappa shape index (κ2) is 5.84. The minimum atomic E-state index is -0.384. The van der Waals surface area contributed by atoms with E-state index in [1.165, 1.54) is 22.8 Å². The Kier molecular flexibility index (Phi) is 4.34. The number of benzene rings is 2. The number of nitrogens with one attached hydrogen (secondary N) is 1. The first-order chi connectivity index (χ1) is 9.38. The number of halogens is 2. The molecule has 0 heterocycles. The Bertz CT molecular complexity index is 614. The van der Waals surface area contributed by atoms with Gasteiger partial charge in [-0.15, -0.1) is 0 Å². The molecule has 20 heavy (non-hydrogen) atoms. The predicted octanol–water partition coefficient (Wildman–Crippen LogP) is 5.58. The fraction of sp³-hybridized carbons (Fsp3) is 0.294. The van der Waals surface area contributed by atoms with Gasteiger partial charge in [-0.25, -0.2) is 4.39 Å². The normalized spacial score (nSPS) is 12.3. The average molecular weight is 292 g/mol. The van der Waals surface area contributed by atoms with Gasteiger partial charge < -0.3 is 5.32 Å². The molecule has 0 saturated heterocycles. The van der Waals surface area contributed by atoms with Crippen molar-refractivity contribution in [1.29, 1.82) is 0 Å². The summed E-state index contributed by atoms with van der Waals surface area (Å²) in [6, 6.07) is 9.21. The van der Waals surface area contributed by atoms with Gasteiger partial charge in [-0.05, 0) is 56.5 Å². The zero-order valence-corrected chi connectivity index (χ0v) is 13.0. The third-order valence-corrected chi connectivity index (χ3v) is 3.77. The van der Waals surface area contributed by atoms with Crippen LogP contribution in [0, 0.1) is 26.6 Å². The molecule has 1 N–H and O–H groups in total. The number of hydrogen-bond donors (Lipinski definition) is 1. The van der Waals surface area contributed by atoms with E-state index in [1.807, 2.05) is 6.92 Å². The molecule has 0 bridgehead atoms. The highest BCUT2D eigenvalue weighted by Crippen LogP contribution is 2.28. The summed E-state index contributed by atoms with van der Waals surface area (Å²) in [4.78, 5) is 0. The van der Waals surface area contributed by atoms with Gasteiger partial charge in [-0.3, -0.25) is 0 Å². The molecule has 1 nitrogen and oxygen atoms in total. The van der Waals surface area contributed by atoms with Crippen molar-refractivity contribution in [3.05, 3.63) is 63.4 Å². The molecule has 1 unspecified atom stereocenters. The van der Waals surface area contributed by atoms with Crippen LogP contribution in [-0.4, -0.2) is 0 Å². The van der Waals surface area contributed by atoms with Crippen molar-refractivity contribution >= 4 is 17.3 Å². The summed E-state index contributed by atoms with van der Waals surface area (Å²) in [6.07, 6.45) is 0. The molecular formula is C17H19ClFN. The Morgan fingerprint density at radius 1 is 1.05 bits per heavy atom. The molecule has 0 aromatic heterocycles. The molecule has 0 fully saturated rings.